The molecule has 3 aromatic rings. The van der Waals surface area contributed by atoms with Crippen LogP contribution in [0.4, 0.5) is 5.13 Å². The zero-order valence-electron chi connectivity index (χ0n) is 9.34. The maximum absolute atomic E-state index is 4.21. The fourth-order valence-corrected chi connectivity index (χ4v) is 2.58. The number of aromatic nitrogens is 2. The summed E-state index contributed by atoms with van der Waals surface area (Å²) in [5, 5.41) is 15.5. The molecule has 0 spiro atoms. The van der Waals surface area contributed by atoms with Gasteiger partial charge < -0.3 is 5.32 Å². The Hall–Kier alpha value is -1.94. The van der Waals surface area contributed by atoms with Crippen LogP contribution in [0.1, 0.15) is 0 Å². The molecule has 0 aliphatic rings. The molecule has 17 heavy (non-hydrogen) atoms. The monoisotopic (exact) mass is 241 g/mol. The molecule has 1 aromatic heterocycles. The average molecular weight is 241 g/mol. The van der Waals surface area contributed by atoms with Crippen LogP contribution in [0.5, 0.6) is 0 Å². The highest BCUT2D eigenvalue weighted by atomic mass is 32.1. The van der Waals surface area contributed by atoms with E-state index in [1.54, 1.807) is 11.3 Å². The molecule has 0 saturated heterocycles. The Bertz CT molecular complexity index is 655. The molecule has 84 valence electrons. The van der Waals surface area contributed by atoms with E-state index in [1.807, 2.05) is 19.2 Å². The number of hydrogen-bond acceptors (Lipinski definition) is 4. The van der Waals surface area contributed by atoms with E-state index in [1.165, 1.54) is 10.8 Å². The number of anilines is 1. The molecule has 0 amide bonds. The predicted molar refractivity (Wildman–Crippen MR) is 72.4 cm³/mol. The largest absolute Gasteiger partial charge is 0.363 e. The molecule has 1 N–H and O–H groups in total. The number of nitrogens with one attached hydrogen (secondary N) is 1. The number of benzene rings is 2. The third-order valence-corrected chi connectivity index (χ3v) is 3.63. The second kappa shape index (κ2) is 4.14. The van der Waals surface area contributed by atoms with Crippen LogP contribution in [0.3, 0.4) is 0 Å². The van der Waals surface area contributed by atoms with Crippen LogP contribution in [0.15, 0.2) is 42.5 Å². The maximum atomic E-state index is 4.21. The third kappa shape index (κ3) is 1.76. The maximum Gasteiger partial charge on any atom is 0.205 e. The van der Waals surface area contributed by atoms with Crippen molar-refractivity contribution in [2.75, 3.05) is 12.4 Å². The minimum Gasteiger partial charge on any atom is -0.363 e. The van der Waals surface area contributed by atoms with E-state index in [0.29, 0.717) is 0 Å². The lowest BCUT2D eigenvalue weighted by molar-refractivity contribution is 1.09. The molecule has 0 bridgehead atoms. The predicted octanol–water partition coefficient (Wildman–Crippen LogP) is 3.40. The van der Waals surface area contributed by atoms with Gasteiger partial charge in [-0.1, -0.05) is 53.8 Å². The highest BCUT2D eigenvalue weighted by Gasteiger charge is 2.08. The van der Waals surface area contributed by atoms with Gasteiger partial charge in [-0.2, -0.15) is 0 Å². The van der Waals surface area contributed by atoms with E-state index < -0.39 is 0 Å². The standard InChI is InChI=1S/C13H11N3S/c1-14-13-16-15-12(17-13)11-8-4-6-9-5-2-3-7-10(9)11/h2-8H,1H3,(H,14,16). The third-order valence-electron chi connectivity index (χ3n) is 2.66. The second-order valence-electron chi connectivity index (χ2n) is 3.69. The first-order valence-corrected chi connectivity index (χ1v) is 6.19. The lowest BCUT2D eigenvalue weighted by Gasteiger charge is -2.02. The van der Waals surface area contributed by atoms with Gasteiger partial charge in [0.15, 0.2) is 0 Å². The second-order valence-corrected chi connectivity index (χ2v) is 4.67. The van der Waals surface area contributed by atoms with Crippen LogP contribution in [0.25, 0.3) is 21.3 Å². The van der Waals surface area contributed by atoms with Gasteiger partial charge in [0.2, 0.25) is 5.13 Å². The Balaban J connectivity index is 2.23. The van der Waals surface area contributed by atoms with Gasteiger partial charge in [-0.3, -0.25) is 0 Å². The van der Waals surface area contributed by atoms with Crippen molar-refractivity contribution < 1.29 is 0 Å². The van der Waals surface area contributed by atoms with E-state index >= 15 is 0 Å². The zero-order chi connectivity index (χ0) is 11.7. The summed E-state index contributed by atoms with van der Waals surface area (Å²) in [7, 11) is 1.85. The summed E-state index contributed by atoms with van der Waals surface area (Å²) in [6, 6.07) is 14.6. The van der Waals surface area contributed by atoms with Gasteiger partial charge in [0, 0.05) is 12.6 Å². The first-order valence-electron chi connectivity index (χ1n) is 5.38. The minimum atomic E-state index is 0.841. The van der Waals surface area contributed by atoms with Crippen LogP contribution in [-0.4, -0.2) is 17.2 Å². The van der Waals surface area contributed by atoms with Gasteiger partial charge in [0.05, 0.1) is 0 Å². The van der Waals surface area contributed by atoms with E-state index in [9.17, 15) is 0 Å². The molecular weight excluding hydrogens is 230 g/mol. The van der Waals surface area contributed by atoms with Crippen LogP contribution >= 0.6 is 11.3 Å². The van der Waals surface area contributed by atoms with Crippen LogP contribution in [-0.2, 0) is 0 Å². The summed E-state index contributed by atoms with van der Waals surface area (Å²) < 4.78 is 0. The van der Waals surface area contributed by atoms with Crippen molar-refractivity contribution in [2.24, 2.45) is 0 Å². The zero-order valence-corrected chi connectivity index (χ0v) is 10.2. The molecule has 0 aliphatic carbocycles. The first-order chi connectivity index (χ1) is 8.38. The van der Waals surface area contributed by atoms with Gasteiger partial charge in [-0.15, -0.1) is 10.2 Å². The molecule has 0 aliphatic heterocycles. The summed E-state index contributed by atoms with van der Waals surface area (Å²) in [6.07, 6.45) is 0. The van der Waals surface area contributed by atoms with Crippen molar-refractivity contribution in [3.05, 3.63) is 42.5 Å². The molecule has 3 nitrogen and oxygen atoms in total. The Morgan fingerprint density at radius 1 is 1.00 bits per heavy atom. The number of nitrogens with zero attached hydrogens (tertiary/aromatic N) is 2. The van der Waals surface area contributed by atoms with Crippen molar-refractivity contribution in [1.29, 1.82) is 0 Å². The van der Waals surface area contributed by atoms with Crippen LogP contribution in [0.2, 0.25) is 0 Å². The highest BCUT2D eigenvalue weighted by molar-refractivity contribution is 7.18. The van der Waals surface area contributed by atoms with Gasteiger partial charge in [0.25, 0.3) is 0 Å². The normalized spacial score (nSPS) is 10.6. The Labute approximate surface area is 103 Å². The van der Waals surface area contributed by atoms with E-state index in [-0.39, 0.29) is 0 Å². The minimum absolute atomic E-state index is 0.841. The quantitative estimate of drug-likeness (QED) is 0.747. The van der Waals surface area contributed by atoms with E-state index in [0.717, 1.165) is 15.7 Å². The van der Waals surface area contributed by atoms with Gasteiger partial charge >= 0.3 is 0 Å². The number of fused-ring (bicyclic) bond motifs is 1. The van der Waals surface area contributed by atoms with Crippen molar-refractivity contribution >= 4 is 27.2 Å². The van der Waals surface area contributed by atoms with Crippen molar-refractivity contribution in [3.8, 4) is 10.6 Å². The van der Waals surface area contributed by atoms with E-state index in [4.69, 9.17) is 0 Å². The summed E-state index contributed by atoms with van der Waals surface area (Å²) in [5.41, 5.74) is 1.14. The molecule has 0 atom stereocenters. The topological polar surface area (TPSA) is 37.8 Å². The van der Waals surface area contributed by atoms with Crippen molar-refractivity contribution in [3.63, 3.8) is 0 Å². The highest BCUT2D eigenvalue weighted by Crippen LogP contribution is 2.31. The summed E-state index contributed by atoms with van der Waals surface area (Å²) in [6.45, 7) is 0. The molecule has 0 unspecified atom stereocenters. The van der Waals surface area contributed by atoms with E-state index in [2.05, 4.69) is 45.8 Å². The Kier molecular flexibility index (Phi) is 2.49. The molecule has 0 fully saturated rings. The molecule has 0 saturated carbocycles. The lowest BCUT2D eigenvalue weighted by Crippen LogP contribution is -1.84. The lowest BCUT2D eigenvalue weighted by atomic mass is 10.1. The number of hydrogen-bond donors (Lipinski definition) is 1. The molecule has 3 rings (SSSR count). The Morgan fingerprint density at radius 3 is 2.65 bits per heavy atom. The van der Waals surface area contributed by atoms with Gasteiger partial charge in [0.1, 0.15) is 5.01 Å². The molecule has 4 heteroatoms. The molecule has 0 radical (unpaired) electrons. The first kappa shape index (κ1) is 10.2. The van der Waals surface area contributed by atoms with Crippen molar-refractivity contribution in [1.82, 2.24) is 10.2 Å². The Morgan fingerprint density at radius 2 is 1.82 bits per heavy atom. The summed E-state index contributed by atoms with van der Waals surface area (Å²) >= 11 is 1.57. The fraction of sp³-hybridized carbons (Fsp3) is 0.0769. The number of rotatable bonds is 2. The average Bonchev–Trinajstić information content (AvgIpc) is 2.87. The van der Waals surface area contributed by atoms with Crippen LogP contribution < -0.4 is 5.32 Å². The van der Waals surface area contributed by atoms with Gasteiger partial charge in [-0.05, 0) is 10.8 Å². The SMILES string of the molecule is CNc1nnc(-c2cccc3ccccc23)s1. The molecular formula is C13H11N3S. The van der Waals surface area contributed by atoms with Crippen LogP contribution in [0, 0.1) is 0 Å². The smallest absolute Gasteiger partial charge is 0.205 e. The van der Waals surface area contributed by atoms with Crippen molar-refractivity contribution in [2.45, 2.75) is 0 Å². The van der Waals surface area contributed by atoms with Gasteiger partial charge in [-0.25, -0.2) is 0 Å². The summed E-state index contributed by atoms with van der Waals surface area (Å²) in [5.74, 6) is 0. The summed E-state index contributed by atoms with van der Waals surface area (Å²) in [4.78, 5) is 0. The molecule has 2 aromatic carbocycles. The fourth-order valence-electron chi connectivity index (χ4n) is 1.84. The molecule has 1 heterocycles.